The maximum absolute atomic E-state index is 7.85. The van der Waals surface area contributed by atoms with Gasteiger partial charge < -0.3 is 4.90 Å². The average molecular weight is 198 g/mol. The molecule has 0 radical (unpaired) electrons. The zero-order valence-corrected chi connectivity index (χ0v) is 9.12. The van der Waals surface area contributed by atoms with Crippen molar-refractivity contribution in [2.45, 2.75) is 44.1 Å². The van der Waals surface area contributed by atoms with Crippen LogP contribution in [-0.2, 0) is 0 Å². The Kier molecular flexibility index (Phi) is 2.54. The molecule has 0 aromatic heterocycles. The van der Waals surface area contributed by atoms with E-state index in [1.54, 1.807) is 11.8 Å². The molecule has 2 aliphatic rings. The van der Waals surface area contributed by atoms with E-state index in [1.165, 1.54) is 38.5 Å². The molecule has 13 heavy (non-hydrogen) atoms. The predicted octanol–water partition coefficient (Wildman–Crippen LogP) is 2.69. The fourth-order valence-electron chi connectivity index (χ4n) is 2.61. The SMILES string of the molecule is CN1C(=N)SCCC12CCCCC2. The van der Waals surface area contributed by atoms with Gasteiger partial charge in [-0.2, -0.15) is 0 Å². The summed E-state index contributed by atoms with van der Waals surface area (Å²) in [4.78, 5) is 2.24. The molecule has 0 bridgehead atoms. The lowest BCUT2D eigenvalue weighted by Gasteiger charge is -2.48. The van der Waals surface area contributed by atoms with Gasteiger partial charge in [-0.3, -0.25) is 5.41 Å². The van der Waals surface area contributed by atoms with Gasteiger partial charge in [-0.25, -0.2) is 0 Å². The molecule has 1 N–H and O–H groups in total. The minimum absolute atomic E-state index is 0.376. The van der Waals surface area contributed by atoms with E-state index < -0.39 is 0 Å². The summed E-state index contributed by atoms with van der Waals surface area (Å²) in [6, 6.07) is 0. The van der Waals surface area contributed by atoms with Gasteiger partial charge in [-0.05, 0) is 19.3 Å². The van der Waals surface area contributed by atoms with Gasteiger partial charge in [-0.15, -0.1) is 0 Å². The molecule has 2 nitrogen and oxygen atoms in total. The van der Waals surface area contributed by atoms with Crippen LogP contribution in [0.2, 0.25) is 0 Å². The lowest BCUT2D eigenvalue weighted by Crippen LogP contribution is -2.52. The fraction of sp³-hybridized carbons (Fsp3) is 0.900. The van der Waals surface area contributed by atoms with Gasteiger partial charge >= 0.3 is 0 Å². The lowest BCUT2D eigenvalue weighted by atomic mass is 9.78. The lowest BCUT2D eigenvalue weighted by molar-refractivity contribution is 0.135. The summed E-state index contributed by atoms with van der Waals surface area (Å²) < 4.78 is 0. The normalized spacial score (nSPS) is 28.1. The predicted molar refractivity (Wildman–Crippen MR) is 58.4 cm³/mol. The van der Waals surface area contributed by atoms with Gasteiger partial charge in [0.15, 0.2) is 5.17 Å². The van der Waals surface area contributed by atoms with Crippen LogP contribution >= 0.6 is 11.8 Å². The van der Waals surface area contributed by atoms with Gasteiger partial charge in [0.05, 0.1) is 0 Å². The minimum Gasteiger partial charge on any atom is -0.349 e. The summed E-state index contributed by atoms with van der Waals surface area (Å²) in [5.41, 5.74) is 0.376. The number of nitrogens with one attached hydrogen (secondary N) is 1. The van der Waals surface area contributed by atoms with Gasteiger partial charge in [0, 0.05) is 18.3 Å². The molecule has 0 aromatic rings. The van der Waals surface area contributed by atoms with Crippen LogP contribution < -0.4 is 0 Å². The summed E-state index contributed by atoms with van der Waals surface area (Å²) >= 11 is 1.70. The molecule has 1 saturated carbocycles. The zero-order chi connectivity index (χ0) is 9.31. The third-order valence-electron chi connectivity index (χ3n) is 3.61. The molecule has 2 fully saturated rings. The number of nitrogens with zero attached hydrogens (tertiary/aromatic N) is 1. The highest BCUT2D eigenvalue weighted by atomic mass is 32.2. The first-order valence-electron chi connectivity index (χ1n) is 5.20. The Morgan fingerprint density at radius 2 is 1.92 bits per heavy atom. The summed E-state index contributed by atoms with van der Waals surface area (Å²) in [5, 5.41) is 8.63. The van der Waals surface area contributed by atoms with Crippen molar-refractivity contribution < 1.29 is 0 Å². The molecular weight excluding hydrogens is 180 g/mol. The molecule has 0 aromatic carbocycles. The van der Waals surface area contributed by atoms with Crippen LogP contribution in [0, 0.1) is 5.41 Å². The minimum atomic E-state index is 0.376. The number of amidine groups is 1. The largest absolute Gasteiger partial charge is 0.349 e. The number of hydrogen-bond donors (Lipinski definition) is 1. The second-order valence-corrected chi connectivity index (χ2v) is 5.33. The van der Waals surface area contributed by atoms with E-state index in [9.17, 15) is 0 Å². The molecule has 0 atom stereocenters. The Morgan fingerprint density at radius 3 is 2.62 bits per heavy atom. The van der Waals surface area contributed by atoms with Gasteiger partial charge in [0.25, 0.3) is 0 Å². The number of rotatable bonds is 0. The van der Waals surface area contributed by atoms with Crippen LogP contribution in [0.15, 0.2) is 0 Å². The van der Waals surface area contributed by atoms with Gasteiger partial charge in [-0.1, -0.05) is 31.0 Å². The van der Waals surface area contributed by atoms with E-state index in [-0.39, 0.29) is 0 Å². The van der Waals surface area contributed by atoms with Crippen LogP contribution in [-0.4, -0.2) is 28.4 Å². The highest BCUT2D eigenvalue weighted by Crippen LogP contribution is 2.40. The van der Waals surface area contributed by atoms with E-state index >= 15 is 0 Å². The standard InChI is InChI=1S/C10H18N2S/c1-12-9(11)13-8-7-10(12)5-3-2-4-6-10/h11H,2-8H2,1H3. The second-order valence-electron chi connectivity index (χ2n) is 4.25. The van der Waals surface area contributed by atoms with Crippen molar-refractivity contribution in [3.63, 3.8) is 0 Å². The fourth-order valence-corrected chi connectivity index (χ4v) is 3.68. The molecule has 1 heterocycles. The molecule has 1 spiro atoms. The van der Waals surface area contributed by atoms with Crippen LogP contribution in [0.25, 0.3) is 0 Å². The van der Waals surface area contributed by atoms with Gasteiger partial charge in [0.2, 0.25) is 0 Å². The molecule has 0 unspecified atom stereocenters. The molecule has 1 saturated heterocycles. The van der Waals surface area contributed by atoms with E-state index in [0.717, 1.165) is 10.9 Å². The summed E-state index contributed by atoms with van der Waals surface area (Å²) in [6.07, 6.45) is 8.04. The van der Waals surface area contributed by atoms with Crippen LogP contribution in [0.5, 0.6) is 0 Å². The monoisotopic (exact) mass is 198 g/mol. The number of thioether (sulfide) groups is 1. The first-order valence-corrected chi connectivity index (χ1v) is 6.18. The van der Waals surface area contributed by atoms with Crippen molar-refractivity contribution in [3.05, 3.63) is 0 Å². The molecular formula is C10H18N2S. The van der Waals surface area contributed by atoms with E-state index in [2.05, 4.69) is 11.9 Å². The number of hydrogen-bond acceptors (Lipinski definition) is 2. The van der Waals surface area contributed by atoms with Crippen molar-refractivity contribution in [1.29, 1.82) is 5.41 Å². The van der Waals surface area contributed by atoms with Crippen molar-refractivity contribution >= 4 is 16.9 Å². The van der Waals surface area contributed by atoms with Crippen LogP contribution in [0.4, 0.5) is 0 Å². The highest BCUT2D eigenvalue weighted by Gasteiger charge is 2.39. The van der Waals surface area contributed by atoms with Crippen molar-refractivity contribution in [2.24, 2.45) is 0 Å². The van der Waals surface area contributed by atoms with Crippen LogP contribution in [0.1, 0.15) is 38.5 Å². The molecule has 1 aliphatic carbocycles. The summed E-state index contributed by atoms with van der Waals surface area (Å²) in [6.45, 7) is 0. The third kappa shape index (κ3) is 1.58. The maximum Gasteiger partial charge on any atom is 0.156 e. The Bertz CT molecular complexity index is 203. The molecule has 1 aliphatic heterocycles. The molecule has 0 amide bonds. The van der Waals surface area contributed by atoms with Crippen LogP contribution in [0.3, 0.4) is 0 Å². The Morgan fingerprint density at radius 1 is 1.23 bits per heavy atom. The highest BCUT2D eigenvalue weighted by molar-refractivity contribution is 8.13. The quantitative estimate of drug-likeness (QED) is 0.648. The Hall–Kier alpha value is -0.180. The first kappa shape index (κ1) is 9.38. The third-order valence-corrected chi connectivity index (χ3v) is 4.56. The zero-order valence-electron chi connectivity index (χ0n) is 8.31. The second kappa shape index (κ2) is 3.52. The van der Waals surface area contributed by atoms with E-state index in [4.69, 9.17) is 5.41 Å². The summed E-state index contributed by atoms with van der Waals surface area (Å²) in [5.74, 6) is 1.16. The van der Waals surface area contributed by atoms with E-state index in [0.29, 0.717) is 5.54 Å². The molecule has 3 heteroatoms. The molecule has 74 valence electrons. The van der Waals surface area contributed by atoms with Crippen molar-refractivity contribution in [1.82, 2.24) is 4.90 Å². The van der Waals surface area contributed by atoms with E-state index in [1.807, 2.05) is 0 Å². The average Bonchev–Trinajstić information content (AvgIpc) is 2.16. The first-order chi connectivity index (χ1) is 6.25. The molecule has 2 rings (SSSR count). The maximum atomic E-state index is 7.85. The smallest absolute Gasteiger partial charge is 0.156 e. The summed E-state index contributed by atoms with van der Waals surface area (Å²) in [7, 11) is 2.11. The van der Waals surface area contributed by atoms with Crippen molar-refractivity contribution in [3.8, 4) is 0 Å². The Labute approximate surface area is 84.6 Å². The van der Waals surface area contributed by atoms with Crippen molar-refractivity contribution in [2.75, 3.05) is 12.8 Å². The Balaban J connectivity index is 2.13. The van der Waals surface area contributed by atoms with Gasteiger partial charge in [0.1, 0.15) is 0 Å². The topological polar surface area (TPSA) is 27.1 Å².